The number of H-pyrrole nitrogens is 1. The highest BCUT2D eigenvalue weighted by molar-refractivity contribution is 5.97. The van der Waals surface area contributed by atoms with Gasteiger partial charge < -0.3 is 14.8 Å². The predicted molar refractivity (Wildman–Crippen MR) is 113 cm³/mol. The van der Waals surface area contributed by atoms with Crippen LogP contribution in [0.25, 0.3) is 22.2 Å². The molecule has 0 aliphatic carbocycles. The number of piperidine rings is 1. The number of halogens is 1. The van der Waals surface area contributed by atoms with Crippen molar-refractivity contribution in [2.24, 2.45) is 5.92 Å². The van der Waals surface area contributed by atoms with Gasteiger partial charge in [-0.15, -0.1) is 0 Å². The fourth-order valence-electron chi connectivity index (χ4n) is 4.00. The van der Waals surface area contributed by atoms with Crippen LogP contribution in [0, 0.1) is 34.0 Å². The smallest absolute Gasteiger partial charge is 0.212 e. The van der Waals surface area contributed by atoms with Gasteiger partial charge in [0.05, 0.1) is 23.9 Å². The van der Waals surface area contributed by atoms with Crippen LogP contribution >= 0.6 is 0 Å². The summed E-state index contributed by atoms with van der Waals surface area (Å²) in [6.45, 7) is 1.32. The number of aromatic amines is 1. The Kier molecular flexibility index (Phi) is 5.14. The van der Waals surface area contributed by atoms with Crippen LogP contribution in [-0.2, 0) is 0 Å². The minimum Gasteiger partial charge on any atom is -0.370 e. The van der Waals surface area contributed by atoms with E-state index in [0.29, 0.717) is 30.0 Å². The number of nitrogens with zero attached hydrogens (tertiary/aromatic N) is 5. The Morgan fingerprint density at radius 2 is 2.13 bits per heavy atom. The molecule has 152 valence electrons. The van der Waals surface area contributed by atoms with Crippen LogP contribution in [0.5, 0.6) is 0 Å². The number of hydrogen-bond donors (Lipinski definition) is 3. The molecule has 1 aromatic carbocycles. The summed E-state index contributed by atoms with van der Waals surface area (Å²) in [5.74, 6) is -0.0719. The topological polar surface area (TPSA) is 120 Å². The summed E-state index contributed by atoms with van der Waals surface area (Å²) in [4.78, 5) is 14.8. The molecule has 1 aliphatic rings. The van der Waals surface area contributed by atoms with E-state index in [1.54, 1.807) is 19.4 Å². The van der Waals surface area contributed by atoms with Crippen molar-refractivity contribution >= 4 is 28.9 Å². The van der Waals surface area contributed by atoms with E-state index >= 15 is 0 Å². The summed E-state index contributed by atoms with van der Waals surface area (Å²) >= 11 is 0. The van der Waals surface area contributed by atoms with Gasteiger partial charge in [0.25, 0.3) is 0 Å². The zero-order valence-corrected chi connectivity index (χ0v) is 16.5. The average molecular weight is 404 g/mol. The molecule has 30 heavy (non-hydrogen) atoms. The molecule has 3 aromatic rings. The van der Waals surface area contributed by atoms with Crippen LogP contribution in [0.3, 0.4) is 0 Å². The molecule has 8 nitrogen and oxygen atoms in total. The highest BCUT2D eigenvalue weighted by Gasteiger charge is 2.28. The van der Waals surface area contributed by atoms with E-state index in [0.717, 1.165) is 41.5 Å². The Hall–Kier alpha value is -3.80. The van der Waals surface area contributed by atoms with Gasteiger partial charge in [-0.25, -0.2) is 9.97 Å². The lowest BCUT2D eigenvalue weighted by atomic mass is 9.92. The molecule has 0 bridgehead atoms. The van der Waals surface area contributed by atoms with Crippen LogP contribution in [0.15, 0.2) is 30.7 Å². The van der Waals surface area contributed by atoms with Gasteiger partial charge in [-0.1, -0.05) is 0 Å². The van der Waals surface area contributed by atoms with Gasteiger partial charge in [0.2, 0.25) is 5.95 Å². The second-order valence-electron chi connectivity index (χ2n) is 7.31. The van der Waals surface area contributed by atoms with Gasteiger partial charge in [0.1, 0.15) is 23.0 Å². The summed E-state index contributed by atoms with van der Waals surface area (Å²) in [5.41, 5.74) is 4.08. The Labute approximate surface area is 173 Å². The van der Waals surface area contributed by atoms with Crippen molar-refractivity contribution in [3.05, 3.63) is 42.2 Å². The number of hydrogen-bond acceptors (Lipinski definition) is 6. The predicted octanol–water partition coefficient (Wildman–Crippen LogP) is 3.37. The normalized spacial score (nSPS) is 14.5. The van der Waals surface area contributed by atoms with Crippen LogP contribution in [0.4, 0.5) is 10.1 Å². The number of amidine groups is 1. The van der Waals surface area contributed by atoms with Gasteiger partial charge in [-0.05, 0) is 31.0 Å². The van der Waals surface area contributed by atoms with Gasteiger partial charge in [-0.2, -0.15) is 9.65 Å². The number of nitriles is 1. The first-order chi connectivity index (χ1) is 14.5. The molecule has 0 spiro atoms. The number of pyridine rings is 1. The highest BCUT2D eigenvalue weighted by Crippen LogP contribution is 2.39. The number of aromatic nitrogens is 3. The van der Waals surface area contributed by atoms with Crippen LogP contribution in [0.2, 0.25) is 0 Å². The maximum atomic E-state index is 13.4. The van der Waals surface area contributed by atoms with Crippen molar-refractivity contribution in [2.45, 2.75) is 12.8 Å². The van der Waals surface area contributed by atoms with Gasteiger partial charge in [0, 0.05) is 43.4 Å². The molecular weight excluding hydrogens is 383 g/mol. The SMILES string of the molecule is CN(C=N)C(=N)C1CCN(c2c(-c3ccc(F)nc3)cc3[nH]cnc3c2C#N)CC1. The molecule has 0 radical (unpaired) electrons. The largest absolute Gasteiger partial charge is 0.370 e. The molecule has 1 saturated heterocycles. The van der Waals surface area contributed by atoms with Crippen molar-refractivity contribution in [3.63, 3.8) is 0 Å². The molecule has 0 amide bonds. The third-order valence-corrected chi connectivity index (χ3v) is 5.61. The number of anilines is 1. The molecule has 0 unspecified atom stereocenters. The van der Waals surface area contributed by atoms with Gasteiger partial charge in [0.15, 0.2) is 0 Å². The fourth-order valence-corrected chi connectivity index (χ4v) is 4.00. The van der Waals surface area contributed by atoms with Crippen LogP contribution in [0.1, 0.15) is 18.4 Å². The monoisotopic (exact) mass is 404 g/mol. The van der Waals surface area contributed by atoms with Crippen LogP contribution < -0.4 is 4.90 Å². The van der Waals surface area contributed by atoms with Crippen molar-refractivity contribution in [1.82, 2.24) is 19.9 Å². The van der Waals surface area contributed by atoms with E-state index in [9.17, 15) is 9.65 Å². The second-order valence-corrected chi connectivity index (χ2v) is 7.31. The molecule has 2 aromatic heterocycles. The number of imidazole rings is 1. The second kappa shape index (κ2) is 7.91. The highest BCUT2D eigenvalue weighted by atomic mass is 19.1. The first-order valence-corrected chi connectivity index (χ1v) is 9.62. The third kappa shape index (κ3) is 3.37. The number of fused-ring (bicyclic) bond motifs is 1. The van der Waals surface area contributed by atoms with Gasteiger partial charge >= 0.3 is 0 Å². The summed E-state index contributed by atoms with van der Waals surface area (Å²) in [5, 5.41) is 25.6. The third-order valence-electron chi connectivity index (χ3n) is 5.61. The number of nitrogens with one attached hydrogen (secondary N) is 3. The number of rotatable bonds is 4. The standard InChI is InChI=1S/C21H21FN8/c1-29(11-24)21(25)13-4-6-30(7-5-13)20-15(14-2-3-18(22)26-10-14)8-17-19(16(20)9-23)28-12-27-17/h2-3,8,10-13,24-25H,4-7H2,1H3,(H,27,28). The first kappa shape index (κ1) is 19.5. The molecule has 1 aliphatic heterocycles. The summed E-state index contributed by atoms with van der Waals surface area (Å²) in [6, 6.07) is 7.19. The van der Waals surface area contributed by atoms with Gasteiger partial charge in [-0.3, -0.25) is 10.8 Å². The summed E-state index contributed by atoms with van der Waals surface area (Å²) < 4.78 is 13.4. The maximum absolute atomic E-state index is 13.4. The zero-order chi connectivity index (χ0) is 21.3. The Morgan fingerprint density at radius 3 is 2.77 bits per heavy atom. The van der Waals surface area contributed by atoms with E-state index in [1.165, 1.54) is 17.2 Å². The summed E-state index contributed by atoms with van der Waals surface area (Å²) in [6.07, 6.45) is 5.65. The van der Waals surface area contributed by atoms with E-state index in [-0.39, 0.29) is 5.92 Å². The van der Waals surface area contributed by atoms with Crippen molar-refractivity contribution in [1.29, 1.82) is 16.1 Å². The molecule has 9 heteroatoms. The quantitative estimate of drug-likeness (QED) is 0.350. The maximum Gasteiger partial charge on any atom is 0.212 e. The number of benzene rings is 1. The van der Waals surface area contributed by atoms with E-state index in [4.69, 9.17) is 10.8 Å². The lowest BCUT2D eigenvalue weighted by molar-refractivity contribution is 0.473. The zero-order valence-electron chi connectivity index (χ0n) is 16.5. The Bertz CT molecular complexity index is 1140. The minimum atomic E-state index is -0.557. The minimum absolute atomic E-state index is 0.0587. The Balaban J connectivity index is 1.75. The molecule has 0 saturated carbocycles. The molecule has 1 fully saturated rings. The average Bonchev–Trinajstić information content (AvgIpc) is 3.26. The molecule has 0 atom stereocenters. The molecular formula is C21H21FN8. The molecule has 4 rings (SSSR count). The first-order valence-electron chi connectivity index (χ1n) is 9.62. The van der Waals surface area contributed by atoms with Crippen molar-refractivity contribution in [3.8, 4) is 17.2 Å². The molecule has 3 N–H and O–H groups in total. The summed E-state index contributed by atoms with van der Waals surface area (Å²) in [7, 11) is 1.71. The van der Waals surface area contributed by atoms with E-state index in [1.807, 2.05) is 6.07 Å². The molecule has 3 heterocycles. The fraction of sp³-hybridized carbons (Fsp3) is 0.286. The lowest BCUT2D eigenvalue weighted by Crippen LogP contribution is -2.41. The van der Waals surface area contributed by atoms with E-state index in [2.05, 4.69) is 25.9 Å². The van der Waals surface area contributed by atoms with E-state index < -0.39 is 5.95 Å². The van der Waals surface area contributed by atoms with Crippen molar-refractivity contribution in [2.75, 3.05) is 25.0 Å². The lowest BCUT2D eigenvalue weighted by Gasteiger charge is -2.36. The Morgan fingerprint density at radius 1 is 1.37 bits per heavy atom. The van der Waals surface area contributed by atoms with Crippen molar-refractivity contribution < 1.29 is 4.39 Å². The van der Waals surface area contributed by atoms with Crippen LogP contribution in [-0.4, -0.2) is 52.2 Å².